The molecule has 0 bridgehead atoms. The van der Waals surface area contributed by atoms with Crippen molar-refractivity contribution in [2.24, 2.45) is 0 Å². The summed E-state index contributed by atoms with van der Waals surface area (Å²) in [6.45, 7) is 8.16. The number of hydrogen-bond donors (Lipinski definition) is 0. The van der Waals surface area contributed by atoms with Gasteiger partial charge >= 0.3 is 0 Å². The van der Waals surface area contributed by atoms with Gasteiger partial charge < -0.3 is 14.4 Å². The standard InChI is InChI=1S/C14H23NO2/c1-7-15(4)9-12-8-13(16-5)10(2)11(3)14(12)17-6/h8H,7,9H2,1-6H3. The van der Waals surface area contributed by atoms with Crippen LogP contribution in [0.5, 0.6) is 11.5 Å². The normalized spacial score (nSPS) is 10.8. The zero-order chi connectivity index (χ0) is 13.0. The van der Waals surface area contributed by atoms with Crippen LogP contribution in [0.1, 0.15) is 23.6 Å². The smallest absolute Gasteiger partial charge is 0.126 e. The number of methoxy groups -OCH3 is 2. The minimum absolute atomic E-state index is 0.872. The van der Waals surface area contributed by atoms with E-state index in [2.05, 4.69) is 38.8 Å². The fourth-order valence-corrected chi connectivity index (χ4v) is 1.94. The van der Waals surface area contributed by atoms with Crippen LogP contribution in [0.2, 0.25) is 0 Å². The first kappa shape index (κ1) is 13.8. The first-order valence-electron chi connectivity index (χ1n) is 5.94. The molecule has 0 atom stereocenters. The predicted octanol–water partition coefficient (Wildman–Crippen LogP) is 2.77. The van der Waals surface area contributed by atoms with Crippen LogP contribution in [-0.2, 0) is 6.54 Å². The molecule has 0 spiro atoms. The predicted molar refractivity (Wildman–Crippen MR) is 71.0 cm³/mol. The second-order valence-corrected chi connectivity index (χ2v) is 4.35. The van der Waals surface area contributed by atoms with Crippen LogP contribution in [0, 0.1) is 13.8 Å². The fraction of sp³-hybridized carbons (Fsp3) is 0.571. The third kappa shape index (κ3) is 2.91. The van der Waals surface area contributed by atoms with E-state index < -0.39 is 0 Å². The summed E-state index contributed by atoms with van der Waals surface area (Å²) in [5.41, 5.74) is 3.48. The van der Waals surface area contributed by atoms with Gasteiger partial charge in [0.15, 0.2) is 0 Å². The van der Waals surface area contributed by atoms with Crippen LogP contribution in [0.15, 0.2) is 6.07 Å². The van der Waals surface area contributed by atoms with Crippen molar-refractivity contribution < 1.29 is 9.47 Å². The molecule has 0 aliphatic carbocycles. The molecular weight excluding hydrogens is 214 g/mol. The Morgan fingerprint density at radius 3 is 2.24 bits per heavy atom. The van der Waals surface area contributed by atoms with Crippen LogP contribution in [-0.4, -0.2) is 32.7 Å². The second-order valence-electron chi connectivity index (χ2n) is 4.35. The summed E-state index contributed by atoms with van der Waals surface area (Å²) in [5, 5.41) is 0. The van der Waals surface area contributed by atoms with Crippen LogP contribution in [0.4, 0.5) is 0 Å². The highest BCUT2D eigenvalue weighted by Gasteiger charge is 2.14. The third-order valence-corrected chi connectivity index (χ3v) is 3.27. The molecule has 1 rings (SSSR count). The Labute approximate surface area is 104 Å². The molecular formula is C14H23NO2. The topological polar surface area (TPSA) is 21.7 Å². The first-order valence-corrected chi connectivity index (χ1v) is 5.94. The van der Waals surface area contributed by atoms with Crippen LogP contribution >= 0.6 is 0 Å². The van der Waals surface area contributed by atoms with E-state index in [1.807, 2.05) is 0 Å². The maximum Gasteiger partial charge on any atom is 0.126 e. The highest BCUT2D eigenvalue weighted by Crippen LogP contribution is 2.33. The highest BCUT2D eigenvalue weighted by atomic mass is 16.5. The highest BCUT2D eigenvalue weighted by molar-refractivity contribution is 5.52. The van der Waals surface area contributed by atoms with E-state index in [0.717, 1.165) is 35.7 Å². The van der Waals surface area contributed by atoms with Crippen molar-refractivity contribution in [2.45, 2.75) is 27.3 Å². The lowest BCUT2D eigenvalue weighted by Gasteiger charge is -2.20. The third-order valence-electron chi connectivity index (χ3n) is 3.27. The molecule has 3 heteroatoms. The summed E-state index contributed by atoms with van der Waals surface area (Å²) < 4.78 is 10.9. The van der Waals surface area contributed by atoms with Gasteiger partial charge in [0.05, 0.1) is 14.2 Å². The summed E-state index contributed by atoms with van der Waals surface area (Å²) in [7, 11) is 5.53. The Bertz CT molecular complexity index is 388. The summed E-state index contributed by atoms with van der Waals surface area (Å²) in [6.07, 6.45) is 0. The van der Waals surface area contributed by atoms with E-state index in [1.54, 1.807) is 14.2 Å². The van der Waals surface area contributed by atoms with Gasteiger partial charge in [0.25, 0.3) is 0 Å². The monoisotopic (exact) mass is 237 g/mol. The average molecular weight is 237 g/mol. The van der Waals surface area contributed by atoms with Crippen molar-refractivity contribution in [1.82, 2.24) is 4.90 Å². The number of benzene rings is 1. The van der Waals surface area contributed by atoms with Crippen molar-refractivity contribution in [3.63, 3.8) is 0 Å². The quantitative estimate of drug-likeness (QED) is 0.786. The Kier molecular flexibility index (Phi) is 4.82. The molecule has 0 aromatic heterocycles. The second kappa shape index (κ2) is 5.92. The van der Waals surface area contributed by atoms with E-state index in [4.69, 9.17) is 9.47 Å². The average Bonchev–Trinajstić information content (AvgIpc) is 2.33. The Hall–Kier alpha value is -1.22. The van der Waals surface area contributed by atoms with E-state index in [0.29, 0.717) is 0 Å². The van der Waals surface area contributed by atoms with Crippen molar-refractivity contribution >= 4 is 0 Å². The molecule has 0 aliphatic rings. The van der Waals surface area contributed by atoms with Gasteiger partial charge in [0, 0.05) is 12.1 Å². The fourth-order valence-electron chi connectivity index (χ4n) is 1.94. The summed E-state index contributed by atoms with van der Waals surface area (Å²) >= 11 is 0. The van der Waals surface area contributed by atoms with Crippen molar-refractivity contribution in [3.05, 3.63) is 22.8 Å². The maximum atomic E-state index is 5.52. The molecule has 0 saturated heterocycles. The minimum Gasteiger partial charge on any atom is -0.496 e. The lowest BCUT2D eigenvalue weighted by molar-refractivity contribution is 0.330. The Morgan fingerprint density at radius 2 is 1.76 bits per heavy atom. The molecule has 0 radical (unpaired) electrons. The number of hydrogen-bond acceptors (Lipinski definition) is 3. The zero-order valence-corrected chi connectivity index (χ0v) is 11.8. The summed E-state index contributed by atoms with van der Waals surface area (Å²) in [4.78, 5) is 2.24. The number of rotatable bonds is 5. The zero-order valence-electron chi connectivity index (χ0n) is 11.8. The number of nitrogens with zero attached hydrogens (tertiary/aromatic N) is 1. The SMILES string of the molecule is CCN(C)Cc1cc(OC)c(C)c(C)c1OC. The first-order chi connectivity index (χ1) is 8.04. The van der Waals surface area contributed by atoms with Crippen molar-refractivity contribution in [3.8, 4) is 11.5 Å². The van der Waals surface area contributed by atoms with Crippen LogP contribution in [0.25, 0.3) is 0 Å². The largest absolute Gasteiger partial charge is 0.496 e. The van der Waals surface area contributed by atoms with E-state index in [9.17, 15) is 0 Å². The van der Waals surface area contributed by atoms with Crippen LogP contribution < -0.4 is 9.47 Å². The molecule has 17 heavy (non-hydrogen) atoms. The van der Waals surface area contributed by atoms with E-state index >= 15 is 0 Å². The van der Waals surface area contributed by atoms with Gasteiger partial charge in [-0.05, 0) is 44.6 Å². The van der Waals surface area contributed by atoms with Crippen LogP contribution in [0.3, 0.4) is 0 Å². The molecule has 1 aromatic rings. The molecule has 0 N–H and O–H groups in total. The molecule has 3 nitrogen and oxygen atoms in total. The van der Waals surface area contributed by atoms with Gasteiger partial charge in [-0.2, -0.15) is 0 Å². The molecule has 1 aromatic carbocycles. The molecule has 0 saturated carbocycles. The summed E-state index contributed by atoms with van der Waals surface area (Å²) in [5.74, 6) is 1.91. The van der Waals surface area contributed by atoms with Gasteiger partial charge in [-0.25, -0.2) is 0 Å². The van der Waals surface area contributed by atoms with Gasteiger partial charge in [-0.15, -0.1) is 0 Å². The Morgan fingerprint density at radius 1 is 1.12 bits per heavy atom. The lowest BCUT2D eigenvalue weighted by atomic mass is 10.0. The van der Waals surface area contributed by atoms with Gasteiger partial charge in [0.1, 0.15) is 11.5 Å². The molecule has 96 valence electrons. The summed E-state index contributed by atoms with van der Waals surface area (Å²) in [6, 6.07) is 2.08. The van der Waals surface area contributed by atoms with Crippen molar-refractivity contribution in [2.75, 3.05) is 27.8 Å². The van der Waals surface area contributed by atoms with Crippen molar-refractivity contribution in [1.29, 1.82) is 0 Å². The molecule has 0 fully saturated rings. The molecule has 0 heterocycles. The van der Waals surface area contributed by atoms with E-state index in [-0.39, 0.29) is 0 Å². The van der Waals surface area contributed by atoms with Gasteiger partial charge in [0.2, 0.25) is 0 Å². The van der Waals surface area contributed by atoms with E-state index in [1.165, 1.54) is 5.56 Å². The maximum absolute atomic E-state index is 5.52. The molecule has 0 unspecified atom stereocenters. The molecule has 0 amide bonds. The molecule has 0 aliphatic heterocycles. The number of ether oxygens (including phenoxy) is 2. The van der Waals surface area contributed by atoms with Gasteiger partial charge in [-0.3, -0.25) is 0 Å². The van der Waals surface area contributed by atoms with Gasteiger partial charge in [-0.1, -0.05) is 6.92 Å². The lowest BCUT2D eigenvalue weighted by Crippen LogP contribution is -2.17. The minimum atomic E-state index is 0.872. The Balaban J connectivity index is 3.22.